The standard InChI is InChI=1S/C16H23N5O/c1-17-16(18-10-12-21-11-6-9-19-21)20(2)13-14-7-4-5-8-15(14)22-3/h4-9,11H,10,12-13H2,1-3H3,(H,17,18). The first kappa shape index (κ1) is 15.9. The van der Waals surface area contributed by atoms with Crippen molar-refractivity contribution in [2.75, 3.05) is 27.7 Å². The van der Waals surface area contributed by atoms with E-state index in [1.165, 1.54) is 0 Å². The molecule has 1 N–H and O–H groups in total. The summed E-state index contributed by atoms with van der Waals surface area (Å²) in [5, 5.41) is 7.52. The zero-order valence-corrected chi connectivity index (χ0v) is 13.4. The molecular weight excluding hydrogens is 278 g/mol. The fourth-order valence-corrected chi connectivity index (χ4v) is 2.26. The number of aromatic nitrogens is 2. The second-order valence-corrected chi connectivity index (χ2v) is 4.91. The summed E-state index contributed by atoms with van der Waals surface area (Å²) >= 11 is 0. The molecule has 22 heavy (non-hydrogen) atoms. The van der Waals surface area contributed by atoms with Gasteiger partial charge in [0, 0.05) is 45.1 Å². The molecule has 0 saturated carbocycles. The van der Waals surface area contributed by atoms with E-state index in [1.54, 1.807) is 20.4 Å². The molecular formula is C16H23N5O. The Morgan fingerprint density at radius 3 is 2.86 bits per heavy atom. The molecule has 0 radical (unpaired) electrons. The summed E-state index contributed by atoms with van der Waals surface area (Å²) in [6, 6.07) is 9.94. The van der Waals surface area contributed by atoms with Crippen molar-refractivity contribution in [1.82, 2.24) is 20.0 Å². The molecule has 1 aromatic carbocycles. The highest BCUT2D eigenvalue weighted by molar-refractivity contribution is 5.79. The maximum atomic E-state index is 5.39. The van der Waals surface area contributed by atoms with Crippen molar-refractivity contribution in [2.45, 2.75) is 13.1 Å². The number of ether oxygens (including phenoxy) is 1. The minimum atomic E-state index is 0.728. The molecule has 2 rings (SSSR count). The average Bonchev–Trinajstić information content (AvgIpc) is 3.05. The van der Waals surface area contributed by atoms with Crippen LogP contribution in [0, 0.1) is 0 Å². The number of nitrogens with one attached hydrogen (secondary N) is 1. The molecule has 0 atom stereocenters. The number of methoxy groups -OCH3 is 1. The molecule has 0 aliphatic rings. The average molecular weight is 301 g/mol. The van der Waals surface area contributed by atoms with Gasteiger partial charge in [-0.1, -0.05) is 18.2 Å². The Labute approximate surface area is 131 Å². The summed E-state index contributed by atoms with van der Waals surface area (Å²) in [5.74, 6) is 1.74. The Balaban J connectivity index is 1.90. The van der Waals surface area contributed by atoms with E-state index in [1.807, 2.05) is 42.2 Å². The number of aliphatic imine (C=N–C) groups is 1. The topological polar surface area (TPSA) is 54.7 Å². The Morgan fingerprint density at radius 1 is 1.36 bits per heavy atom. The van der Waals surface area contributed by atoms with Gasteiger partial charge in [-0.05, 0) is 12.1 Å². The van der Waals surface area contributed by atoms with Crippen LogP contribution in [0.15, 0.2) is 47.7 Å². The summed E-state index contributed by atoms with van der Waals surface area (Å²) in [7, 11) is 5.49. The van der Waals surface area contributed by atoms with Crippen LogP contribution >= 0.6 is 0 Å². The molecule has 0 amide bonds. The van der Waals surface area contributed by atoms with Gasteiger partial charge < -0.3 is 15.0 Å². The molecule has 1 heterocycles. The predicted molar refractivity (Wildman–Crippen MR) is 88.0 cm³/mol. The number of hydrogen-bond acceptors (Lipinski definition) is 3. The highest BCUT2D eigenvalue weighted by Gasteiger charge is 2.09. The van der Waals surface area contributed by atoms with E-state index >= 15 is 0 Å². The van der Waals surface area contributed by atoms with E-state index in [9.17, 15) is 0 Å². The fraction of sp³-hybridized carbons (Fsp3) is 0.375. The highest BCUT2D eigenvalue weighted by Crippen LogP contribution is 2.18. The third-order valence-electron chi connectivity index (χ3n) is 3.36. The quantitative estimate of drug-likeness (QED) is 0.650. The maximum Gasteiger partial charge on any atom is 0.193 e. The van der Waals surface area contributed by atoms with Crippen LogP contribution in [0.3, 0.4) is 0 Å². The van der Waals surface area contributed by atoms with Gasteiger partial charge in [0.15, 0.2) is 5.96 Å². The third kappa shape index (κ3) is 4.25. The van der Waals surface area contributed by atoms with E-state index in [0.717, 1.165) is 36.9 Å². The second-order valence-electron chi connectivity index (χ2n) is 4.91. The highest BCUT2D eigenvalue weighted by atomic mass is 16.5. The largest absolute Gasteiger partial charge is 0.496 e. The van der Waals surface area contributed by atoms with Gasteiger partial charge in [0.05, 0.1) is 13.7 Å². The summed E-state index contributed by atoms with van der Waals surface area (Å²) in [5.41, 5.74) is 1.13. The number of rotatable bonds is 6. The number of benzene rings is 1. The van der Waals surface area contributed by atoms with Gasteiger partial charge >= 0.3 is 0 Å². The molecule has 2 aromatic rings. The van der Waals surface area contributed by atoms with Crippen molar-refractivity contribution in [1.29, 1.82) is 0 Å². The van der Waals surface area contributed by atoms with Crippen LogP contribution in [0.25, 0.3) is 0 Å². The molecule has 0 spiro atoms. The molecule has 1 aromatic heterocycles. The summed E-state index contributed by atoms with van der Waals surface area (Å²) in [4.78, 5) is 6.39. The van der Waals surface area contributed by atoms with Crippen molar-refractivity contribution < 1.29 is 4.74 Å². The van der Waals surface area contributed by atoms with Crippen molar-refractivity contribution >= 4 is 5.96 Å². The van der Waals surface area contributed by atoms with E-state index in [4.69, 9.17) is 4.74 Å². The SMILES string of the molecule is CN=C(NCCn1cccn1)N(C)Cc1ccccc1OC. The Bertz CT molecular complexity index is 594. The van der Waals surface area contributed by atoms with Gasteiger partial charge in [0.25, 0.3) is 0 Å². The van der Waals surface area contributed by atoms with Gasteiger partial charge in [-0.3, -0.25) is 9.67 Å². The van der Waals surface area contributed by atoms with E-state index < -0.39 is 0 Å². The molecule has 0 aliphatic heterocycles. The second kappa shape index (κ2) is 8.07. The lowest BCUT2D eigenvalue weighted by atomic mass is 10.2. The lowest BCUT2D eigenvalue weighted by molar-refractivity contribution is 0.395. The normalized spacial score (nSPS) is 11.3. The Morgan fingerprint density at radius 2 is 2.18 bits per heavy atom. The molecule has 0 fully saturated rings. The van der Waals surface area contributed by atoms with Crippen LogP contribution in [0.5, 0.6) is 5.75 Å². The van der Waals surface area contributed by atoms with Gasteiger partial charge in [-0.25, -0.2) is 0 Å². The third-order valence-corrected chi connectivity index (χ3v) is 3.36. The van der Waals surface area contributed by atoms with E-state index in [-0.39, 0.29) is 0 Å². The Kier molecular flexibility index (Phi) is 5.82. The number of hydrogen-bond donors (Lipinski definition) is 1. The van der Waals surface area contributed by atoms with Gasteiger partial charge in [0.1, 0.15) is 5.75 Å². The fourth-order valence-electron chi connectivity index (χ4n) is 2.26. The van der Waals surface area contributed by atoms with Crippen LogP contribution in [0.2, 0.25) is 0 Å². The number of guanidine groups is 1. The van der Waals surface area contributed by atoms with Crippen LogP contribution in [0.4, 0.5) is 0 Å². The molecule has 118 valence electrons. The van der Waals surface area contributed by atoms with Crippen LogP contribution in [0.1, 0.15) is 5.56 Å². The zero-order valence-electron chi connectivity index (χ0n) is 13.4. The van der Waals surface area contributed by atoms with E-state index in [0.29, 0.717) is 0 Å². The molecule has 0 unspecified atom stereocenters. The van der Waals surface area contributed by atoms with Crippen LogP contribution in [-0.2, 0) is 13.1 Å². The minimum Gasteiger partial charge on any atom is -0.496 e. The van der Waals surface area contributed by atoms with Crippen LogP contribution in [-0.4, -0.2) is 48.4 Å². The van der Waals surface area contributed by atoms with E-state index in [2.05, 4.69) is 26.4 Å². The smallest absolute Gasteiger partial charge is 0.193 e. The first-order chi connectivity index (χ1) is 10.7. The van der Waals surface area contributed by atoms with Gasteiger partial charge in [-0.2, -0.15) is 5.10 Å². The maximum absolute atomic E-state index is 5.39. The molecule has 0 aliphatic carbocycles. The van der Waals surface area contributed by atoms with Crippen molar-refractivity contribution in [3.8, 4) is 5.75 Å². The lowest BCUT2D eigenvalue weighted by Crippen LogP contribution is -2.39. The van der Waals surface area contributed by atoms with Crippen molar-refractivity contribution in [3.05, 3.63) is 48.3 Å². The van der Waals surface area contributed by atoms with Crippen molar-refractivity contribution in [2.24, 2.45) is 4.99 Å². The number of nitrogens with zero attached hydrogens (tertiary/aromatic N) is 4. The lowest BCUT2D eigenvalue weighted by Gasteiger charge is -2.23. The summed E-state index contributed by atoms with van der Waals surface area (Å²) < 4.78 is 7.28. The first-order valence-electron chi connectivity index (χ1n) is 7.25. The Hall–Kier alpha value is -2.50. The molecule has 0 bridgehead atoms. The van der Waals surface area contributed by atoms with Crippen molar-refractivity contribution in [3.63, 3.8) is 0 Å². The minimum absolute atomic E-state index is 0.728. The first-order valence-corrected chi connectivity index (χ1v) is 7.25. The molecule has 6 heteroatoms. The molecule has 6 nitrogen and oxygen atoms in total. The van der Waals surface area contributed by atoms with Gasteiger partial charge in [0.2, 0.25) is 0 Å². The summed E-state index contributed by atoms with van der Waals surface area (Å²) in [6.45, 7) is 2.30. The molecule has 0 saturated heterocycles. The zero-order chi connectivity index (χ0) is 15.8. The predicted octanol–water partition coefficient (Wildman–Crippen LogP) is 1.60. The van der Waals surface area contributed by atoms with Crippen LogP contribution < -0.4 is 10.1 Å². The summed E-state index contributed by atoms with van der Waals surface area (Å²) in [6.07, 6.45) is 3.73. The van der Waals surface area contributed by atoms with Gasteiger partial charge in [-0.15, -0.1) is 0 Å². The number of para-hydroxylation sites is 1. The monoisotopic (exact) mass is 301 g/mol.